The summed E-state index contributed by atoms with van der Waals surface area (Å²) in [5, 5.41) is 2.55. The Balaban J connectivity index is 1.74. The van der Waals surface area contributed by atoms with E-state index in [1.807, 2.05) is 4.72 Å². The molecule has 0 heterocycles. The van der Waals surface area contributed by atoms with Gasteiger partial charge in [0.25, 0.3) is 5.91 Å². The van der Waals surface area contributed by atoms with Gasteiger partial charge in [0, 0.05) is 6.54 Å². The highest BCUT2D eigenvalue weighted by Crippen LogP contribution is 2.13. The third-order valence-corrected chi connectivity index (χ3v) is 4.98. The first-order chi connectivity index (χ1) is 13.3. The Bertz CT molecular complexity index is 931. The lowest BCUT2D eigenvalue weighted by Gasteiger charge is -2.09. The summed E-state index contributed by atoms with van der Waals surface area (Å²) in [7, 11) is -2.67. The molecule has 10 heteroatoms. The molecule has 0 aromatic heterocycles. The van der Waals surface area contributed by atoms with Gasteiger partial charge in [0.1, 0.15) is 23.0 Å². The number of esters is 1. The van der Waals surface area contributed by atoms with E-state index in [2.05, 4.69) is 5.32 Å². The van der Waals surface area contributed by atoms with Crippen LogP contribution in [0.4, 0.5) is 4.39 Å². The monoisotopic (exact) mass is 410 g/mol. The highest BCUT2D eigenvalue weighted by atomic mass is 32.2. The second kappa shape index (κ2) is 9.81. The minimum Gasteiger partial charge on any atom is -0.497 e. The molecule has 0 aliphatic carbocycles. The van der Waals surface area contributed by atoms with Gasteiger partial charge in [0.2, 0.25) is 10.0 Å². The van der Waals surface area contributed by atoms with Crippen LogP contribution in [0.3, 0.4) is 0 Å². The lowest BCUT2D eigenvalue weighted by molar-refractivity contribution is -0.147. The molecule has 150 valence electrons. The normalized spacial score (nSPS) is 10.9. The number of sulfonamides is 1. The number of nitrogens with one attached hydrogen (secondary N) is 2. The van der Waals surface area contributed by atoms with Gasteiger partial charge in [0.05, 0.1) is 7.11 Å². The highest BCUT2D eigenvalue weighted by molar-refractivity contribution is 7.89. The van der Waals surface area contributed by atoms with E-state index in [9.17, 15) is 22.4 Å². The van der Waals surface area contributed by atoms with Gasteiger partial charge in [0.15, 0.2) is 6.61 Å². The van der Waals surface area contributed by atoms with E-state index < -0.39 is 45.8 Å². The van der Waals surface area contributed by atoms with E-state index in [0.717, 1.165) is 17.7 Å². The van der Waals surface area contributed by atoms with E-state index >= 15 is 0 Å². The van der Waals surface area contributed by atoms with E-state index in [0.29, 0.717) is 5.75 Å². The zero-order valence-electron chi connectivity index (χ0n) is 15.0. The smallest absolute Gasteiger partial charge is 0.321 e. The number of benzene rings is 2. The molecular weight excluding hydrogens is 391 g/mol. The molecular formula is C18H19FN2O6S. The summed E-state index contributed by atoms with van der Waals surface area (Å²) in [5.41, 5.74) is 0.818. The Kier molecular flexibility index (Phi) is 7.47. The summed E-state index contributed by atoms with van der Waals surface area (Å²) in [5.74, 6) is -1.79. The lowest BCUT2D eigenvalue weighted by atomic mass is 10.2. The van der Waals surface area contributed by atoms with Gasteiger partial charge < -0.3 is 14.8 Å². The molecule has 1 amide bonds. The average molecular weight is 410 g/mol. The molecule has 0 unspecified atom stereocenters. The highest BCUT2D eigenvalue weighted by Gasteiger charge is 2.20. The molecule has 0 bridgehead atoms. The van der Waals surface area contributed by atoms with Crippen molar-refractivity contribution in [3.8, 4) is 5.75 Å². The number of ether oxygens (including phenoxy) is 2. The van der Waals surface area contributed by atoms with Crippen molar-refractivity contribution in [3.05, 3.63) is 59.9 Å². The molecule has 0 spiro atoms. The molecule has 2 N–H and O–H groups in total. The minimum atomic E-state index is -4.21. The zero-order chi connectivity index (χ0) is 20.6. The number of methoxy groups -OCH3 is 1. The standard InChI is InChI=1S/C18H19FN2O6S/c1-26-14-8-6-13(7-9-14)10-20-17(22)12-27-18(23)11-21-28(24,25)16-5-3-2-4-15(16)19/h2-9,21H,10-12H2,1H3,(H,20,22). The van der Waals surface area contributed by atoms with Crippen LogP contribution >= 0.6 is 0 Å². The number of hydrogen-bond acceptors (Lipinski definition) is 6. The van der Waals surface area contributed by atoms with Crippen LogP contribution in [-0.2, 0) is 30.9 Å². The molecule has 0 aliphatic heterocycles. The molecule has 0 saturated heterocycles. The van der Waals surface area contributed by atoms with E-state index in [-0.39, 0.29) is 6.54 Å². The van der Waals surface area contributed by atoms with Crippen molar-refractivity contribution in [1.82, 2.24) is 10.0 Å². The van der Waals surface area contributed by atoms with Crippen molar-refractivity contribution >= 4 is 21.9 Å². The number of rotatable bonds is 9. The summed E-state index contributed by atoms with van der Waals surface area (Å²) in [4.78, 5) is 22.7. The predicted molar refractivity (Wildman–Crippen MR) is 97.4 cm³/mol. The number of amides is 1. The maximum Gasteiger partial charge on any atom is 0.321 e. The Labute approximate surface area is 161 Å². The summed E-state index contributed by atoms with van der Waals surface area (Å²) in [6.45, 7) is -1.08. The number of carbonyl (C=O) groups excluding carboxylic acids is 2. The van der Waals surface area contributed by atoms with Gasteiger partial charge in [-0.05, 0) is 29.8 Å². The molecule has 28 heavy (non-hydrogen) atoms. The van der Waals surface area contributed by atoms with Crippen LogP contribution in [0, 0.1) is 5.82 Å². The lowest BCUT2D eigenvalue weighted by Crippen LogP contribution is -2.34. The van der Waals surface area contributed by atoms with Crippen LogP contribution < -0.4 is 14.8 Å². The third kappa shape index (κ3) is 6.32. The van der Waals surface area contributed by atoms with Crippen molar-refractivity contribution in [2.75, 3.05) is 20.3 Å². The van der Waals surface area contributed by atoms with Crippen LogP contribution in [-0.4, -0.2) is 40.6 Å². The number of carbonyl (C=O) groups is 2. The third-order valence-electron chi connectivity index (χ3n) is 3.55. The first-order valence-corrected chi connectivity index (χ1v) is 9.59. The fourth-order valence-electron chi connectivity index (χ4n) is 2.09. The van der Waals surface area contributed by atoms with Crippen LogP contribution in [0.25, 0.3) is 0 Å². The van der Waals surface area contributed by atoms with Crippen LogP contribution in [0.5, 0.6) is 5.75 Å². The van der Waals surface area contributed by atoms with Gasteiger partial charge >= 0.3 is 5.97 Å². The van der Waals surface area contributed by atoms with Crippen LogP contribution in [0.1, 0.15) is 5.56 Å². The second-order valence-electron chi connectivity index (χ2n) is 5.54. The number of hydrogen-bond donors (Lipinski definition) is 2. The summed E-state index contributed by atoms with van der Waals surface area (Å²) in [6.07, 6.45) is 0. The van der Waals surface area contributed by atoms with Crippen molar-refractivity contribution < 1.29 is 31.9 Å². The van der Waals surface area contributed by atoms with Gasteiger partial charge in [-0.25, -0.2) is 12.8 Å². The fourth-order valence-corrected chi connectivity index (χ4v) is 3.13. The Hall–Kier alpha value is -2.98. The maximum absolute atomic E-state index is 13.5. The molecule has 2 rings (SSSR count). The number of halogens is 1. The SMILES string of the molecule is COc1ccc(CNC(=O)COC(=O)CNS(=O)(=O)c2ccccc2F)cc1. The quantitative estimate of drug-likeness (QED) is 0.596. The molecule has 2 aromatic carbocycles. The summed E-state index contributed by atoms with van der Waals surface area (Å²) < 4.78 is 49.1. The molecule has 0 aliphatic rings. The van der Waals surface area contributed by atoms with Gasteiger partial charge in [-0.2, -0.15) is 4.72 Å². The Morgan fingerprint density at radius 2 is 1.75 bits per heavy atom. The molecule has 0 saturated carbocycles. The van der Waals surface area contributed by atoms with Gasteiger partial charge in [-0.15, -0.1) is 0 Å². The first-order valence-electron chi connectivity index (χ1n) is 8.11. The minimum absolute atomic E-state index is 0.223. The van der Waals surface area contributed by atoms with E-state index in [4.69, 9.17) is 9.47 Å². The maximum atomic E-state index is 13.5. The first kappa shape index (κ1) is 21.3. The topological polar surface area (TPSA) is 111 Å². The summed E-state index contributed by atoms with van der Waals surface area (Å²) in [6, 6.07) is 11.8. The van der Waals surface area contributed by atoms with Gasteiger partial charge in [-0.1, -0.05) is 24.3 Å². The van der Waals surface area contributed by atoms with Crippen molar-refractivity contribution in [2.45, 2.75) is 11.4 Å². The van der Waals surface area contributed by atoms with E-state index in [1.54, 1.807) is 31.4 Å². The Morgan fingerprint density at radius 3 is 2.39 bits per heavy atom. The molecule has 2 aromatic rings. The molecule has 8 nitrogen and oxygen atoms in total. The van der Waals surface area contributed by atoms with Crippen molar-refractivity contribution in [3.63, 3.8) is 0 Å². The summed E-state index contributed by atoms with van der Waals surface area (Å²) >= 11 is 0. The van der Waals surface area contributed by atoms with Crippen molar-refractivity contribution in [1.29, 1.82) is 0 Å². The van der Waals surface area contributed by atoms with Gasteiger partial charge in [-0.3, -0.25) is 9.59 Å². The van der Waals surface area contributed by atoms with Crippen LogP contribution in [0.15, 0.2) is 53.4 Å². The van der Waals surface area contributed by atoms with E-state index in [1.165, 1.54) is 12.1 Å². The molecule has 0 fully saturated rings. The predicted octanol–water partition coefficient (Wildman–Crippen LogP) is 0.972. The van der Waals surface area contributed by atoms with Crippen LogP contribution in [0.2, 0.25) is 0 Å². The molecule has 0 radical (unpaired) electrons. The zero-order valence-corrected chi connectivity index (χ0v) is 15.8. The fraction of sp³-hybridized carbons (Fsp3) is 0.222. The van der Waals surface area contributed by atoms with Crippen molar-refractivity contribution in [2.24, 2.45) is 0 Å². The molecule has 0 atom stereocenters. The average Bonchev–Trinajstić information content (AvgIpc) is 2.69. The Morgan fingerprint density at radius 1 is 1.07 bits per heavy atom. The second-order valence-corrected chi connectivity index (χ2v) is 7.28. The largest absolute Gasteiger partial charge is 0.497 e.